The van der Waals surface area contributed by atoms with Crippen LogP contribution in [0.15, 0.2) is 0 Å². The van der Waals surface area contributed by atoms with Crippen molar-refractivity contribution in [2.24, 2.45) is 0 Å². The second kappa shape index (κ2) is 45.6. The number of ether oxygens (including phenoxy) is 18. The van der Waals surface area contributed by atoms with Crippen molar-refractivity contribution < 1.29 is 242 Å². The fourth-order valence-electron chi connectivity index (χ4n) is 15.8. The molecule has 0 aliphatic carbocycles. The van der Waals surface area contributed by atoms with Gasteiger partial charge in [0, 0.05) is 34.6 Å². The average Bonchev–Trinajstić information content (AvgIpc) is 0.756. The summed E-state index contributed by atoms with van der Waals surface area (Å²) in [5, 5.41) is 304. The molecule has 0 bridgehead atoms. The second-order valence-electron chi connectivity index (χ2n) is 31.4. The van der Waals surface area contributed by atoms with Gasteiger partial charge in [-0.2, -0.15) is 0 Å². The van der Waals surface area contributed by atoms with Gasteiger partial charge in [-0.25, -0.2) is 0 Å². The van der Waals surface area contributed by atoms with Gasteiger partial charge in [0.1, 0.15) is 226 Å². The van der Waals surface area contributed by atoms with E-state index in [1.807, 2.05) is 0 Å². The molecule has 124 heavy (non-hydrogen) atoms. The molecule has 0 aromatic carbocycles. The molecule has 0 aromatic heterocycles. The third kappa shape index (κ3) is 23.5. The predicted octanol–water partition coefficient (Wildman–Crippen LogP) is -20.4. The molecule has 9 saturated heterocycles. The van der Waals surface area contributed by atoms with E-state index in [1.165, 1.54) is 13.8 Å². The lowest BCUT2D eigenvalue weighted by molar-refractivity contribution is -0.402. The topological polar surface area (TPSA) is 838 Å². The Hall–Kier alpha value is -4.41. The molecular weight excluding hydrogens is 1690 g/mol. The maximum absolute atomic E-state index is 13.2. The molecular formula is C70H119N5O49. The fraction of sp³-hybridized carbons (Fsp3) is 0.929. The first-order valence-electron chi connectivity index (χ1n) is 39.8. The van der Waals surface area contributed by atoms with Crippen LogP contribution in [-0.4, -0.2) is 522 Å². The Kier molecular flexibility index (Phi) is 38.0. The molecule has 0 unspecified atom stereocenters. The second-order valence-corrected chi connectivity index (χ2v) is 31.4. The van der Waals surface area contributed by atoms with Gasteiger partial charge in [-0.1, -0.05) is 0 Å². The summed E-state index contributed by atoms with van der Waals surface area (Å²) in [6.45, 7) is -3.15. The van der Waals surface area contributed by atoms with E-state index in [2.05, 4.69) is 26.6 Å². The van der Waals surface area contributed by atoms with Crippen molar-refractivity contribution >= 4 is 29.5 Å². The van der Waals surface area contributed by atoms with Crippen molar-refractivity contribution in [2.45, 2.75) is 349 Å². The molecule has 49 atom stereocenters. The lowest BCUT2D eigenvalue weighted by Crippen LogP contribution is -2.71. The van der Waals surface area contributed by atoms with Crippen LogP contribution in [0.25, 0.3) is 0 Å². The van der Waals surface area contributed by atoms with E-state index in [4.69, 9.17) is 85.3 Å². The van der Waals surface area contributed by atoms with Crippen LogP contribution >= 0.6 is 0 Å². The summed E-state index contributed by atoms with van der Waals surface area (Å²) >= 11 is 0. The lowest BCUT2D eigenvalue weighted by atomic mass is 9.93. The fourth-order valence-corrected chi connectivity index (χ4v) is 15.8. The van der Waals surface area contributed by atoms with Gasteiger partial charge in [0.2, 0.25) is 29.5 Å². The molecule has 9 heterocycles. The van der Waals surface area contributed by atoms with Crippen LogP contribution in [0.3, 0.4) is 0 Å². The zero-order chi connectivity index (χ0) is 91.8. The predicted molar refractivity (Wildman–Crippen MR) is 387 cm³/mol. The van der Waals surface area contributed by atoms with Crippen LogP contribution in [0, 0.1) is 0 Å². The minimum absolute atomic E-state index is 0.845. The van der Waals surface area contributed by atoms with E-state index < -0.39 is 389 Å². The average molecular weight is 1810 g/mol. The Balaban J connectivity index is 0.977. The van der Waals surface area contributed by atoms with Crippen molar-refractivity contribution in [3.05, 3.63) is 0 Å². The van der Waals surface area contributed by atoms with Gasteiger partial charge in [-0.15, -0.1) is 0 Å². The minimum Gasteiger partial charge on any atom is -0.394 e. The van der Waals surface area contributed by atoms with Crippen LogP contribution in [-0.2, 0) is 109 Å². The van der Waals surface area contributed by atoms with Gasteiger partial charge in [0.05, 0.1) is 77.7 Å². The standard InChI is InChI=1S/C70H119N5O49/c1-17-37(90)49(102)51(104)66(108-17)123-60-58(121-63-33(72-20(4)85)45(98)40(93)26(9-77)110-63)43(96)29(12-80)113-69(60)117-54(39(92)24(8-76)71-19(3)84)25(89)16-107-62-35(74-22(6)87)47(100)55(31(14-82)115-62)118-68-53(106)57(42(95)28(11-79)112-68)120-65-36(75-23(7)88)48(101)56(32(15-83)116-65)119-70-61(124-67-52(105)50(103)38(91)18(2)109-67)59(44(97)30(13-81)114-70)122-64-34(73-21(5)86)46(99)41(94)27(10-78)111-64/h17-18,24-70,76-83,89-106H,8-16H2,1-7H3,(H,71,84)(H,72,85)(H,73,86)(H,74,87)(H,75,88)/t17-,18-,24-,25+,26+,27+,28+,29+,30+,31+,32+,33+,34+,35+,36+,37+,38+,39+,40-,41-,42-,43-,44-,45+,46+,47+,48+,49+,50+,51-,52-,53+,54-,55+,56+,57-,58-,59-,60+,61+,62+,63+,64+,65-,66-,67-,68-,69-,70-/m0/s1. The Bertz CT molecular complexity index is 3350. The Morgan fingerprint density at radius 3 is 0.976 bits per heavy atom. The maximum Gasteiger partial charge on any atom is 0.217 e. The van der Waals surface area contributed by atoms with E-state index in [0.29, 0.717) is 0 Å². The van der Waals surface area contributed by atoms with E-state index >= 15 is 0 Å². The molecule has 9 rings (SSSR count). The van der Waals surface area contributed by atoms with Crippen LogP contribution in [0.5, 0.6) is 0 Å². The van der Waals surface area contributed by atoms with Crippen LogP contribution in [0.2, 0.25) is 0 Å². The number of amides is 5. The Morgan fingerprint density at radius 1 is 0.290 bits per heavy atom. The molecule has 54 heteroatoms. The van der Waals surface area contributed by atoms with E-state index in [0.717, 1.165) is 34.6 Å². The first-order chi connectivity index (χ1) is 58.5. The van der Waals surface area contributed by atoms with E-state index in [9.17, 15) is 157 Å². The van der Waals surface area contributed by atoms with E-state index in [1.54, 1.807) is 0 Å². The molecule has 31 N–H and O–H groups in total. The summed E-state index contributed by atoms with van der Waals surface area (Å²) in [4.78, 5) is 64.0. The van der Waals surface area contributed by atoms with Crippen molar-refractivity contribution in [3.63, 3.8) is 0 Å². The van der Waals surface area contributed by atoms with Gasteiger partial charge in [-0.3, -0.25) is 24.0 Å². The summed E-state index contributed by atoms with van der Waals surface area (Å²) < 4.78 is 108. The molecule has 0 saturated carbocycles. The van der Waals surface area contributed by atoms with Gasteiger partial charge >= 0.3 is 0 Å². The number of rotatable bonds is 35. The summed E-state index contributed by atoms with van der Waals surface area (Å²) in [6.07, 6.45) is -90.9. The smallest absolute Gasteiger partial charge is 0.217 e. The maximum atomic E-state index is 13.2. The molecule has 0 radical (unpaired) electrons. The van der Waals surface area contributed by atoms with Crippen molar-refractivity contribution in [1.82, 2.24) is 26.6 Å². The van der Waals surface area contributed by atoms with Gasteiger partial charge < -0.3 is 245 Å². The first-order valence-corrected chi connectivity index (χ1v) is 39.8. The van der Waals surface area contributed by atoms with Crippen LogP contribution < -0.4 is 26.6 Å². The number of aliphatic hydroxyl groups is 26. The number of aliphatic hydroxyl groups excluding tert-OH is 26. The molecule has 9 fully saturated rings. The highest BCUT2D eigenvalue weighted by molar-refractivity contribution is 5.75. The number of hydrogen-bond acceptors (Lipinski definition) is 49. The first kappa shape index (κ1) is 103. The monoisotopic (exact) mass is 1810 g/mol. The number of carbonyl (C=O) groups is 5. The normalized spacial score (nSPS) is 46.3. The molecule has 5 amide bonds. The molecule has 9 aliphatic heterocycles. The van der Waals surface area contributed by atoms with Gasteiger partial charge in [-0.05, 0) is 13.8 Å². The van der Waals surface area contributed by atoms with E-state index in [-0.39, 0.29) is 0 Å². The Labute approximate surface area is 704 Å². The quantitative estimate of drug-likeness (QED) is 0.0280. The minimum atomic E-state index is -2.43. The number of nitrogens with one attached hydrogen (secondary N) is 5. The Morgan fingerprint density at radius 2 is 0.589 bits per heavy atom. The zero-order valence-corrected chi connectivity index (χ0v) is 67.7. The summed E-state index contributed by atoms with van der Waals surface area (Å²) in [6, 6.07) is -9.38. The highest BCUT2D eigenvalue weighted by atomic mass is 16.8. The van der Waals surface area contributed by atoms with Crippen molar-refractivity contribution in [3.8, 4) is 0 Å². The summed E-state index contributed by atoms with van der Waals surface area (Å²) in [5.41, 5.74) is 0. The molecule has 0 aromatic rings. The summed E-state index contributed by atoms with van der Waals surface area (Å²) in [5.74, 6) is -4.60. The van der Waals surface area contributed by atoms with Crippen molar-refractivity contribution in [2.75, 3.05) is 59.5 Å². The largest absolute Gasteiger partial charge is 0.394 e. The highest BCUT2D eigenvalue weighted by Crippen LogP contribution is 2.41. The van der Waals surface area contributed by atoms with Crippen LogP contribution in [0.4, 0.5) is 0 Å². The third-order valence-electron chi connectivity index (χ3n) is 22.5. The molecule has 0 spiro atoms. The highest BCUT2D eigenvalue weighted by Gasteiger charge is 2.62. The van der Waals surface area contributed by atoms with Gasteiger partial charge in [0.15, 0.2) is 56.6 Å². The van der Waals surface area contributed by atoms with Crippen molar-refractivity contribution in [1.29, 1.82) is 0 Å². The number of carbonyl (C=O) groups excluding carboxylic acids is 5. The summed E-state index contributed by atoms with van der Waals surface area (Å²) in [7, 11) is 0. The SMILES string of the molecule is CC(=O)N[C@H]1[C@H](OC[C@@H](O)[C@H](O[C@@H]2O[C@H](CO)[C@H](O)[C@H](O[C@H]3O[C@H](CO)[C@H](O)[C@H](O)[C@H]3NC(C)=O)[C@H]2O[C@@H]2O[C@@H](C)[C@@H](O)[C@@H](O)[C@@H]2O)[C@H](O)[C@H](CO)NC(C)=O)O[C@H](CO)[C@@H](O[C@@H]2O[C@H](CO)[C@H](O)[C@H](O[C@@H]3O[C@H](CO)[C@@H](O[C@@H]4O[C@H](CO)[C@H](O)[C@H](O[C@H]5O[C@H](CO)[C@H](O)[C@H](O)[C@H]5NC(C)=O)[C@H]4O[C@@H]4O[C@@H](C)[C@@H](O)[C@@H](O)[C@@H]4O)[C@H](O)[C@H]3NC(C)=O)[C@H]2O)[C@@H]1O. The lowest BCUT2D eigenvalue weighted by Gasteiger charge is -2.51. The molecule has 54 nitrogen and oxygen atoms in total. The molecule has 718 valence electrons. The van der Waals surface area contributed by atoms with Crippen LogP contribution in [0.1, 0.15) is 48.5 Å². The third-order valence-corrected chi connectivity index (χ3v) is 22.5. The number of hydrogen-bond donors (Lipinski definition) is 31. The zero-order valence-electron chi connectivity index (χ0n) is 67.7. The van der Waals surface area contributed by atoms with Gasteiger partial charge in [0.25, 0.3) is 0 Å². The molecule has 9 aliphatic rings.